The van der Waals surface area contributed by atoms with Crippen LogP contribution in [0.15, 0.2) is 17.0 Å². The number of nitrogens with zero attached hydrogens (tertiary/aromatic N) is 1. The average molecular weight is 237 g/mol. The highest BCUT2D eigenvalue weighted by atomic mass is 16.5. The van der Waals surface area contributed by atoms with Gasteiger partial charge in [0.2, 0.25) is 0 Å². The Balaban J connectivity index is 1.53. The Morgan fingerprint density at radius 2 is 2.29 bits per heavy atom. The van der Waals surface area contributed by atoms with Gasteiger partial charge in [0.1, 0.15) is 6.26 Å². The molecule has 5 nitrogen and oxygen atoms in total. The van der Waals surface area contributed by atoms with E-state index in [0.29, 0.717) is 12.6 Å². The molecule has 17 heavy (non-hydrogen) atoms. The van der Waals surface area contributed by atoms with Crippen molar-refractivity contribution in [2.24, 2.45) is 0 Å². The van der Waals surface area contributed by atoms with E-state index in [1.54, 1.807) is 12.5 Å². The SMILES string of the molecule is O=C(NCCCc1cnoc1)NC1CCCC1. The molecule has 5 heteroatoms. The predicted octanol–water partition coefficient (Wildman–Crippen LogP) is 1.85. The molecule has 0 bridgehead atoms. The molecule has 0 saturated heterocycles. The molecule has 1 aliphatic carbocycles. The Morgan fingerprint density at radius 3 is 3.00 bits per heavy atom. The van der Waals surface area contributed by atoms with Gasteiger partial charge in [-0.25, -0.2) is 4.79 Å². The molecule has 1 saturated carbocycles. The summed E-state index contributed by atoms with van der Waals surface area (Å²) >= 11 is 0. The van der Waals surface area contributed by atoms with Crippen molar-refractivity contribution in [3.05, 3.63) is 18.0 Å². The topological polar surface area (TPSA) is 67.2 Å². The van der Waals surface area contributed by atoms with Gasteiger partial charge in [-0.3, -0.25) is 0 Å². The van der Waals surface area contributed by atoms with Crippen molar-refractivity contribution in [1.82, 2.24) is 15.8 Å². The van der Waals surface area contributed by atoms with Gasteiger partial charge in [-0.05, 0) is 25.7 Å². The third-order valence-corrected chi connectivity index (χ3v) is 3.10. The summed E-state index contributed by atoms with van der Waals surface area (Å²) in [5.41, 5.74) is 1.07. The molecule has 1 aromatic heterocycles. The quantitative estimate of drug-likeness (QED) is 0.768. The Bertz CT molecular complexity index is 332. The number of aromatic nitrogens is 1. The van der Waals surface area contributed by atoms with Gasteiger partial charge in [-0.2, -0.15) is 0 Å². The minimum Gasteiger partial charge on any atom is -0.364 e. The number of aryl methyl sites for hydroxylation is 1. The molecule has 2 amide bonds. The van der Waals surface area contributed by atoms with E-state index in [4.69, 9.17) is 4.52 Å². The van der Waals surface area contributed by atoms with E-state index in [9.17, 15) is 4.79 Å². The molecule has 2 N–H and O–H groups in total. The van der Waals surface area contributed by atoms with Gasteiger partial charge < -0.3 is 15.2 Å². The Hall–Kier alpha value is -1.52. The summed E-state index contributed by atoms with van der Waals surface area (Å²) in [6.45, 7) is 0.684. The third-order valence-electron chi connectivity index (χ3n) is 3.10. The molecule has 1 aliphatic rings. The average Bonchev–Trinajstić information content (AvgIpc) is 2.96. The number of hydrogen-bond donors (Lipinski definition) is 2. The van der Waals surface area contributed by atoms with Crippen molar-refractivity contribution in [3.8, 4) is 0 Å². The summed E-state index contributed by atoms with van der Waals surface area (Å²) in [6.07, 6.45) is 9.84. The highest BCUT2D eigenvalue weighted by Crippen LogP contribution is 2.17. The van der Waals surface area contributed by atoms with Crippen molar-refractivity contribution in [2.45, 2.75) is 44.6 Å². The molecule has 2 rings (SSSR count). The van der Waals surface area contributed by atoms with E-state index >= 15 is 0 Å². The Labute approximate surface area is 101 Å². The largest absolute Gasteiger partial charge is 0.364 e. The van der Waals surface area contributed by atoms with E-state index in [1.165, 1.54) is 12.8 Å². The van der Waals surface area contributed by atoms with E-state index in [1.807, 2.05) is 0 Å². The lowest BCUT2D eigenvalue weighted by molar-refractivity contribution is 0.237. The lowest BCUT2D eigenvalue weighted by atomic mass is 10.2. The van der Waals surface area contributed by atoms with Crippen LogP contribution in [0.2, 0.25) is 0 Å². The molecule has 1 aromatic rings. The molecule has 0 unspecified atom stereocenters. The number of nitrogens with one attached hydrogen (secondary N) is 2. The zero-order valence-corrected chi connectivity index (χ0v) is 9.95. The van der Waals surface area contributed by atoms with Gasteiger partial charge in [0.25, 0.3) is 0 Å². The van der Waals surface area contributed by atoms with Gasteiger partial charge in [-0.1, -0.05) is 18.0 Å². The second-order valence-electron chi connectivity index (χ2n) is 4.52. The highest BCUT2D eigenvalue weighted by Gasteiger charge is 2.16. The summed E-state index contributed by atoms with van der Waals surface area (Å²) in [6, 6.07) is 0.343. The fourth-order valence-electron chi connectivity index (χ4n) is 2.15. The number of carbonyl (C=O) groups excluding carboxylic acids is 1. The first-order chi connectivity index (χ1) is 8.34. The number of urea groups is 1. The van der Waals surface area contributed by atoms with Crippen LogP contribution < -0.4 is 10.6 Å². The fraction of sp³-hybridized carbons (Fsp3) is 0.667. The van der Waals surface area contributed by atoms with Crippen LogP contribution in [0, 0.1) is 0 Å². The van der Waals surface area contributed by atoms with E-state index < -0.39 is 0 Å². The van der Waals surface area contributed by atoms with E-state index in [0.717, 1.165) is 31.2 Å². The smallest absolute Gasteiger partial charge is 0.315 e. The van der Waals surface area contributed by atoms with Crippen molar-refractivity contribution < 1.29 is 9.32 Å². The molecule has 0 aliphatic heterocycles. The zero-order valence-electron chi connectivity index (χ0n) is 9.95. The second-order valence-corrected chi connectivity index (χ2v) is 4.52. The molecule has 0 spiro atoms. The van der Waals surface area contributed by atoms with Crippen LogP contribution in [0.3, 0.4) is 0 Å². The third kappa shape index (κ3) is 4.09. The maximum Gasteiger partial charge on any atom is 0.315 e. The van der Waals surface area contributed by atoms with Gasteiger partial charge in [-0.15, -0.1) is 0 Å². The van der Waals surface area contributed by atoms with Crippen LogP contribution >= 0.6 is 0 Å². The molecule has 1 fully saturated rings. The molecule has 0 aromatic carbocycles. The molecule has 1 heterocycles. The zero-order chi connectivity index (χ0) is 11.9. The standard InChI is InChI=1S/C12H19N3O2/c16-12(15-11-5-1-2-6-11)13-7-3-4-10-8-14-17-9-10/h8-9,11H,1-7H2,(H2,13,15,16). The van der Waals surface area contributed by atoms with Crippen molar-refractivity contribution >= 4 is 6.03 Å². The summed E-state index contributed by atoms with van der Waals surface area (Å²) in [5, 5.41) is 9.49. The summed E-state index contributed by atoms with van der Waals surface area (Å²) in [5.74, 6) is 0. The molecular weight excluding hydrogens is 218 g/mol. The van der Waals surface area contributed by atoms with Crippen LogP contribution in [0.4, 0.5) is 4.79 Å². The maximum absolute atomic E-state index is 11.5. The highest BCUT2D eigenvalue weighted by molar-refractivity contribution is 5.74. The van der Waals surface area contributed by atoms with Crippen LogP contribution in [0.1, 0.15) is 37.7 Å². The molecule has 94 valence electrons. The van der Waals surface area contributed by atoms with Crippen molar-refractivity contribution in [1.29, 1.82) is 0 Å². The second kappa shape index (κ2) is 6.27. The van der Waals surface area contributed by atoms with Gasteiger partial charge in [0.05, 0.1) is 6.20 Å². The number of hydrogen-bond acceptors (Lipinski definition) is 3. The van der Waals surface area contributed by atoms with Crippen LogP contribution in [-0.2, 0) is 6.42 Å². The molecular formula is C12H19N3O2. The molecule has 0 radical (unpaired) electrons. The number of amides is 2. The lowest BCUT2D eigenvalue weighted by Crippen LogP contribution is -2.41. The van der Waals surface area contributed by atoms with Gasteiger partial charge in [0, 0.05) is 18.2 Å². The lowest BCUT2D eigenvalue weighted by Gasteiger charge is -2.12. The first-order valence-corrected chi connectivity index (χ1v) is 6.27. The monoisotopic (exact) mass is 237 g/mol. The van der Waals surface area contributed by atoms with Crippen LogP contribution in [0.25, 0.3) is 0 Å². The minimum atomic E-state index is -0.0396. The Morgan fingerprint density at radius 1 is 1.47 bits per heavy atom. The normalized spacial score (nSPS) is 16.0. The summed E-state index contributed by atoms with van der Waals surface area (Å²) in [4.78, 5) is 11.5. The minimum absolute atomic E-state index is 0.0396. The van der Waals surface area contributed by atoms with Gasteiger partial charge >= 0.3 is 6.03 Å². The predicted molar refractivity (Wildman–Crippen MR) is 63.6 cm³/mol. The first-order valence-electron chi connectivity index (χ1n) is 6.27. The fourth-order valence-corrected chi connectivity index (χ4v) is 2.15. The summed E-state index contributed by atoms with van der Waals surface area (Å²) < 4.78 is 4.73. The number of carbonyl (C=O) groups is 1. The van der Waals surface area contributed by atoms with E-state index in [2.05, 4.69) is 15.8 Å². The summed E-state index contributed by atoms with van der Waals surface area (Å²) in [7, 11) is 0. The Kier molecular flexibility index (Phi) is 4.41. The molecule has 0 atom stereocenters. The van der Waals surface area contributed by atoms with E-state index in [-0.39, 0.29) is 6.03 Å². The number of rotatable bonds is 5. The first kappa shape index (κ1) is 12.0. The van der Waals surface area contributed by atoms with Crippen molar-refractivity contribution in [2.75, 3.05) is 6.54 Å². The van der Waals surface area contributed by atoms with Gasteiger partial charge in [0.15, 0.2) is 0 Å². The van der Waals surface area contributed by atoms with Crippen LogP contribution in [0.5, 0.6) is 0 Å². The maximum atomic E-state index is 11.5. The van der Waals surface area contributed by atoms with Crippen LogP contribution in [-0.4, -0.2) is 23.8 Å². The van der Waals surface area contributed by atoms with Crippen molar-refractivity contribution in [3.63, 3.8) is 0 Å².